The van der Waals surface area contributed by atoms with Crippen molar-refractivity contribution in [3.63, 3.8) is 0 Å². The molecule has 5 heteroatoms. The van der Waals surface area contributed by atoms with Crippen molar-refractivity contribution in [1.82, 2.24) is 0 Å². The smallest absolute Gasteiger partial charge is 0.314 e. The maximum atomic E-state index is 13.3. The molecule has 0 saturated carbocycles. The van der Waals surface area contributed by atoms with Gasteiger partial charge in [-0.3, -0.25) is 19.4 Å². The van der Waals surface area contributed by atoms with Crippen LogP contribution in [0.2, 0.25) is 0 Å². The van der Waals surface area contributed by atoms with Crippen molar-refractivity contribution < 1.29 is 19.4 Å². The molecule has 2 atom stereocenters. The van der Waals surface area contributed by atoms with Gasteiger partial charge in [0.25, 0.3) is 0 Å². The summed E-state index contributed by atoms with van der Waals surface area (Å²) in [7, 11) is 0. The molecule has 4 fully saturated rings. The Morgan fingerprint density at radius 3 is 2.44 bits per heavy atom. The molecular weight excluding hydrogens is 314 g/mol. The normalized spacial score (nSPS) is 43.6. The molecule has 0 radical (unpaired) electrons. The fraction of sp³-hybridized carbons (Fsp3) is 0.600. The predicted molar refractivity (Wildman–Crippen MR) is 93.2 cm³/mol. The van der Waals surface area contributed by atoms with Crippen LogP contribution >= 0.6 is 0 Å². The number of para-hydroxylation sites is 1. The number of hydrogen-bond donors (Lipinski definition) is 3. The van der Waals surface area contributed by atoms with E-state index in [1.807, 2.05) is 18.2 Å². The first-order chi connectivity index (χ1) is 12.0. The summed E-state index contributed by atoms with van der Waals surface area (Å²) in [6, 6.07) is 8.14. The molecule has 6 rings (SSSR count). The first-order valence-corrected chi connectivity index (χ1v) is 9.62. The molecule has 3 N–H and O–H groups in total. The monoisotopic (exact) mass is 341 g/mol. The minimum atomic E-state index is -0.549. The largest absolute Gasteiger partial charge is 0.351 e. The van der Waals surface area contributed by atoms with Crippen molar-refractivity contribution in [3.8, 4) is 0 Å². The molecule has 132 valence electrons. The topological polar surface area (TPSA) is 55.1 Å². The molecule has 4 saturated heterocycles. The fourth-order valence-corrected chi connectivity index (χ4v) is 6.52. The lowest BCUT2D eigenvalue weighted by molar-refractivity contribution is -1.20. The molecule has 5 aliphatic rings. The second-order valence-electron chi connectivity index (χ2n) is 8.94. The molecule has 0 aromatic heterocycles. The van der Waals surface area contributed by atoms with Crippen molar-refractivity contribution in [2.75, 3.05) is 31.5 Å². The summed E-state index contributed by atoms with van der Waals surface area (Å²) in [6.07, 6.45) is 3.19. The molecule has 2 unspecified atom stereocenters. The van der Waals surface area contributed by atoms with E-state index in [4.69, 9.17) is 0 Å². The van der Waals surface area contributed by atoms with E-state index in [0.717, 1.165) is 56.7 Å². The maximum absolute atomic E-state index is 13.3. The number of fused-ring (bicyclic) bond motifs is 1. The minimum Gasteiger partial charge on any atom is -0.314 e. The van der Waals surface area contributed by atoms with Gasteiger partial charge in [-0.25, -0.2) is 0 Å². The van der Waals surface area contributed by atoms with Crippen LogP contribution in [0.15, 0.2) is 24.3 Å². The third-order valence-electron chi connectivity index (χ3n) is 7.33. The lowest BCUT2D eigenvalue weighted by atomic mass is 9.58. The fourth-order valence-electron chi connectivity index (χ4n) is 6.52. The van der Waals surface area contributed by atoms with Gasteiger partial charge in [0.15, 0.2) is 5.78 Å². The highest BCUT2D eigenvalue weighted by Crippen LogP contribution is 2.43. The summed E-state index contributed by atoms with van der Waals surface area (Å²) in [5.74, 6) is 0.599. The van der Waals surface area contributed by atoms with Gasteiger partial charge >= 0.3 is 11.6 Å². The van der Waals surface area contributed by atoms with E-state index >= 15 is 0 Å². The first kappa shape index (κ1) is 15.5. The number of carbonyl (C=O) groups is 2. The number of carbonyl (C=O) groups excluding carboxylic acids is 2. The number of hydrogen-bond acceptors (Lipinski definition) is 2. The van der Waals surface area contributed by atoms with Gasteiger partial charge in [0.2, 0.25) is 0 Å². The number of Topliss-reactive ketones (excluding diaryl/α,β-unsaturated/α-hetero) is 1. The molecule has 1 aromatic carbocycles. The Bertz CT molecular complexity index is 771. The summed E-state index contributed by atoms with van der Waals surface area (Å²) in [5, 5.41) is 3.13. The number of anilines is 1. The Balaban J connectivity index is 1.65. The van der Waals surface area contributed by atoms with Gasteiger partial charge in [-0.2, -0.15) is 0 Å². The summed E-state index contributed by atoms with van der Waals surface area (Å²) in [6.45, 7) is 7.52. The van der Waals surface area contributed by atoms with Gasteiger partial charge in [-0.05, 0) is 25.5 Å². The van der Waals surface area contributed by atoms with Gasteiger partial charge in [0.1, 0.15) is 42.6 Å². The quantitative estimate of drug-likeness (QED) is 0.685. The van der Waals surface area contributed by atoms with Gasteiger partial charge < -0.3 is 5.32 Å². The highest BCUT2D eigenvalue weighted by Gasteiger charge is 2.78. The Kier molecular flexibility index (Phi) is 2.93. The van der Waals surface area contributed by atoms with Crippen LogP contribution in [-0.4, -0.2) is 37.9 Å². The summed E-state index contributed by atoms with van der Waals surface area (Å²) >= 11 is 0. The standard InChI is InChI=1S/C20H25N3O2/c1-3-4-9-19-12-22-10-18(2,16(19)24)11-23(13-19)20(22)14-7-5-6-8-15(14)21-17(20)25/h5-8H,3-4,9-13H2,1-2H3,(H,21,25)/p+2. The third kappa shape index (κ3) is 1.66. The second-order valence-corrected chi connectivity index (χ2v) is 8.94. The van der Waals surface area contributed by atoms with Crippen molar-refractivity contribution in [1.29, 1.82) is 0 Å². The average Bonchev–Trinajstić information content (AvgIpc) is 2.87. The van der Waals surface area contributed by atoms with Crippen LogP contribution in [0.1, 0.15) is 38.7 Å². The number of rotatable bonds is 3. The lowest BCUT2D eigenvalue weighted by Crippen LogP contribution is -3.48. The highest BCUT2D eigenvalue weighted by molar-refractivity contribution is 6.04. The number of piperidine rings is 2. The minimum absolute atomic E-state index is 0.124. The van der Waals surface area contributed by atoms with E-state index in [1.54, 1.807) is 0 Å². The Labute approximate surface area is 148 Å². The molecule has 25 heavy (non-hydrogen) atoms. The third-order valence-corrected chi connectivity index (χ3v) is 7.33. The molecule has 5 nitrogen and oxygen atoms in total. The van der Waals surface area contributed by atoms with Crippen LogP contribution in [0, 0.1) is 10.8 Å². The summed E-state index contributed by atoms with van der Waals surface area (Å²) in [5.41, 5.74) is 1.03. The zero-order valence-corrected chi connectivity index (χ0v) is 15.1. The lowest BCUT2D eigenvalue weighted by Gasteiger charge is -2.62. The van der Waals surface area contributed by atoms with Gasteiger partial charge in [0.05, 0.1) is 5.69 Å². The first-order valence-electron chi connectivity index (χ1n) is 9.62. The number of amides is 1. The van der Waals surface area contributed by atoms with Gasteiger partial charge in [0, 0.05) is 0 Å². The molecule has 1 amide bonds. The molecule has 5 heterocycles. The predicted octanol–water partition coefficient (Wildman–Crippen LogP) is -0.646. The van der Waals surface area contributed by atoms with Crippen LogP contribution in [0.25, 0.3) is 0 Å². The Hall–Kier alpha value is -1.72. The van der Waals surface area contributed by atoms with E-state index < -0.39 is 5.66 Å². The molecule has 1 aromatic rings. The van der Waals surface area contributed by atoms with E-state index in [-0.39, 0.29) is 16.7 Å². The van der Waals surface area contributed by atoms with E-state index in [2.05, 4.69) is 25.2 Å². The molecular formula is C20H27N3O2+2. The zero-order chi connectivity index (χ0) is 17.4. The van der Waals surface area contributed by atoms with Crippen LogP contribution in [0.3, 0.4) is 0 Å². The van der Waals surface area contributed by atoms with E-state index in [0.29, 0.717) is 5.78 Å². The Morgan fingerprint density at radius 1 is 1.08 bits per heavy atom. The SMILES string of the molecule is CCCCC12C[NH+]3CC(C)(C[NH+](C1)C31C(=O)Nc3ccccc31)C2=O. The van der Waals surface area contributed by atoms with Crippen molar-refractivity contribution in [2.24, 2.45) is 10.8 Å². The van der Waals surface area contributed by atoms with Crippen LogP contribution in [-0.2, 0) is 15.3 Å². The van der Waals surface area contributed by atoms with Crippen molar-refractivity contribution >= 4 is 17.4 Å². The van der Waals surface area contributed by atoms with Gasteiger partial charge in [-0.15, -0.1) is 0 Å². The van der Waals surface area contributed by atoms with Crippen molar-refractivity contribution in [3.05, 3.63) is 29.8 Å². The number of ketones is 1. The second kappa shape index (κ2) is 4.71. The molecule has 5 aliphatic heterocycles. The summed E-state index contributed by atoms with van der Waals surface area (Å²) < 4.78 is 0. The van der Waals surface area contributed by atoms with Crippen LogP contribution in [0.5, 0.6) is 0 Å². The van der Waals surface area contributed by atoms with E-state index in [9.17, 15) is 9.59 Å². The van der Waals surface area contributed by atoms with Crippen molar-refractivity contribution in [2.45, 2.75) is 38.8 Å². The number of nitrogens with one attached hydrogen (secondary N) is 3. The number of benzene rings is 1. The maximum Gasteiger partial charge on any atom is 0.351 e. The highest BCUT2D eigenvalue weighted by atomic mass is 16.2. The number of unbranched alkanes of at least 4 members (excludes halogenated alkanes) is 1. The van der Waals surface area contributed by atoms with Crippen LogP contribution < -0.4 is 15.1 Å². The van der Waals surface area contributed by atoms with Gasteiger partial charge in [-0.1, -0.05) is 31.9 Å². The molecule has 4 bridgehead atoms. The van der Waals surface area contributed by atoms with Crippen LogP contribution in [0.4, 0.5) is 5.69 Å². The zero-order valence-electron chi connectivity index (χ0n) is 15.1. The summed E-state index contributed by atoms with van der Waals surface area (Å²) in [4.78, 5) is 29.1. The Morgan fingerprint density at radius 2 is 1.76 bits per heavy atom. The average molecular weight is 341 g/mol. The molecule has 0 aliphatic carbocycles. The number of quaternary nitrogens is 2. The molecule has 1 spiro atoms. The van der Waals surface area contributed by atoms with E-state index in [1.165, 1.54) is 9.80 Å².